The van der Waals surface area contributed by atoms with Gasteiger partial charge in [0.25, 0.3) is 5.56 Å². The Morgan fingerprint density at radius 3 is 2.56 bits per heavy atom. The van der Waals surface area contributed by atoms with Crippen molar-refractivity contribution in [3.63, 3.8) is 0 Å². The van der Waals surface area contributed by atoms with Crippen LogP contribution in [0.15, 0.2) is 63.5 Å². The van der Waals surface area contributed by atoms with Crippen molar-refractivity contribution in [1.29, 1.82) is 0 Å². The fourth-order valence-electron chi connectivity index (χ4n) is 3.99. The van der Waals surface area contributed by atoms with Crippen LogP contribution < -0.4 is 24.4 Å². The van der Waals surface area contributed by atoms with Crippen molar-refractivity contribution in [1.82, 2.24) is 4.57 Å². The Morgan fingerprint density at radius 2 is 1.94 bits per heavy atom. The van der Waals surface area contributed by atoms with Crippen LogP contribution in [0.3, 0.4) is 0 Å². The highest BCUT2D eigenvalue weighted by Gasteiger charge is 2.33. The van der Waals surface area contributed by atoms with Crippen molar-refractivity contribution in [2.24, 2.45) is 4.99 Å². The minimum atomic E-state index is -0.690. The molecule has 0 bridgehead atoms. The van der Waals surface area contributed by atoms with Crippen LogP contribution in [0.1, 0.15) is 44.9 Å². The van der Waals surface area contributed by atoms with Gasteiger partial charge in [0.1, 0.15) is 11.5 Å². The average Bonchev–Trinajstić information content (AvgIpc) is 3.14. The number of carbonyl (C=O) groups is 1. The zero-order valence-corrected chi connectivity index (χ0v) is 22.3. The van der Waals surface area contributed by atoms with Crippen LogP contribution in [0.4, 0.5) is 0 Å². The first kappa shape index (κ1) is 25.7. The minimum absolute atomic E-state index is 0.257. The maximum atomic E-state index is 13.7. The van der Waals surface area contributed by atoms with Crippen LogP contribution in [0, 0.1) is 0 Å². The predicted octanol–water partition coefficient (Wildman–Crippen LogP) is 4.25. The third-order valence-corrected chi connectivity index (χ3v) is 6.85. The van der Waals surface area contributed by atoms with Crippen LogP contribution in [0.25, 0.3) is 6.08 Å². The first-order valence-electron chi connectivity index (χ1n) is 11.5. The molecule has 0 fully saturated rings. The summed E-state index contributed by atoms with van der Waals surface area (Å²) < 4.78 is 18.3. The molecule has 1 atom stereocenters. The molecule has 1 aliphatic rings. The van der Waals surface area contributed by atoms with Crippen molar-refractivity contribution < 1.29 is 19.0 Å². The fourth-order valence-corrected chi connectivity index (χ4v) is 5.28. The number of thiazole rings is 1. The number of esters is 1. The molecule has 188 valence electrons. The summed E-state index contributed by atoms with van der Waals surface area (Å²) in [6, 6.07) is 12.0. The van der Waals surface area contributed by atoms with Gasteiger partial charge in [-0.1, -0.05) is 41.1 Å². The van der Waals surface area contributed by atoms with Gasteiger partial charge in [0.2, 0.25) is 0 Å². The van der Waals surface area contributed by atoms with Gasteiger partial charge in [0.05, 0.1) is 46.7 Å². The van der Waals surface area contributed by atoms with Gasteiger partial charge in [-0.15, -0.1) is 0 Å². The molecule has 0 radical (unpaired) electrons. The number of rotatable bonds is 7. The van der Waals surface area contributed by atoms with Crippen molar-refractivity contribution >= 4 is 35.0 Å². The summed E-state index contributed by atoms with van der Waals surface area (Å²) in [5, 5.41) is 0.462. The predicted molar refractivity (Wildman–Crippen MR) is 141 cm³/mol. The normalized spacial score (nSPS) is 15.5. The van der Waals surface area contributed by atoms with Gasteiger partial charge in [-0.05, 0) is 69.2 Å². The van der Waals surface area contributed by atoms with E-state index in [1.165, 1.54) is 11.3 Å². The van der Waals surface area contributed by atoms with E-state index in [1.54, 1.807) is 62.8 Å². The highest BCUT2D eigenvalue weighted by molar-refractivity contribution is 7.07. The molecule has 1 aromatic heterocycles. The zero-order chi connectivity index (χ0) is 26.0. The lowest BCUT2D eigenvalue weighted by Crippen LogP contribution is -2.40. The summed E-state index contributed by atoms with van der Waals surface area (Å²) in [7, 11) is 1.58. The molecule has 0 unspecified atom stereocenters. The Bertz CT molecular complexity index is 1500. The van der Waals surface area contributed by atoms with Gasteiger partial charge in [0.15, 0.2) is 4.80 Å². The minimum Gasteiger partial charge on any atom is -0.497 e. The third kappa shape index (κ3) is 5.10. The molecule has 0 amide bonds. The van der Waals surface area contributed by atoms with Gasteiger partial charge in [-0.3, -0.25) is 9.36 Å². The number of allylic oxidation sites excluding steroid dienone is 1. The topological polar surface area (TPSA) is 79.1 Å². The van der Waals surface area contributed by atoms with Crippen LogP contribution in [-0.4, -0.2) is 30.4 Å². The van der Waals surface area contributed by atoms with E-state index in [4.69, 9.17) is 25.8 Å². The highest BCUT2D eigenvalue weighted by Crippen LogP contribution is 2.32. The van der Waals surface area contributed by atoms with Gasteiger partial charge in [0, 0.05) is 0 Å². The average molecular weight is 527 g/mol. The van der Waals surface area contributed by atoms with Gasteiger partial charge in [-0.25, -0.2) is 9.79 Å². The highest BCUT2D eigenvalue weighted by atomic mass is 35.5. The molecule has 0 saturated heterocycles. The Balaban J connectivity index is 1.89. The summed E-state index contributed by atoms with van der Waals surface area (Å²) in [5.41, 5.74) is 2.09. The number of hydrogen-bond acceptors (Lipinski definition) is 7. The van der Waals surface area contributed by atoms with Gasteiger partial charge in [-0.2, -0.15) is 0 Å². The number of fused-ring (bicyclic) bond motifs is 1. The number of halogens is 1. The Hall–Kier alpha value is -3.36. The van der Waals surface area contributed by atoms with Crippen molar-refractivity contribution in [2.75, 3.05) is 13.7 Å². The fraction of sp³-hybridized carbons (Fsp3) is 0.296. The molecule has 3 aromatic rings. The van der Waals surface area contributed by atoms with Crippen LogP contribution in [-0.2, 0) is 9.53 Å². The largest absolute Gasteiger partial charge is 0.497 e. The van der Waals surface area contributed by atoms with E-state index in [0.717, 1.165) is 11.1 Å². The van der Waals surface area contributed by atoms with E-state index in [9.17, 15) is 9.59 Å². The lowest BCUT2D eigenvalue weighted by atomic mass is 9.96. The van der Waals surface area contributed by atoms with Crippen molar-refractivity contribution in [3.8, 4) is 11.5 Å². The van der Waals surface area contributed by atoms with E-state index in [0.29, 0.717) is 43.7 Å². The molecule has 0 saturated carbocycles. The molecule has 9 heteroatoms. The maximum Gasteiger partial charge on any atom is 0.338 e. The summed E-state index contributed by atoms with van der Waals surface area (Å²) >= 11 is 7.60. The molecule has 0 spiro atoms. The first-order chi connectivity index (χ1) is 17.2. The lowest BCUT2D eigenvalue weighted by Gasteiger charge is -2.25. The summed E-state index contributed by atoms with van der Waals surface area (Å²) in [6.45, 7) is 7.72. The SMILES string of the molecule is CCOc1ccc(/C=c2\sc3n(c2=O)[C@H](c2ccc(OC)cc2)C(C(=O)OC(C)C)=C(C)N=3)cc1Cl. The zero-order valence-electron chi connectivity index (χ0n) is 20.7. The monoisotopic (exact) mass is 526 g/mol. The second kappa shape index (κ2) is 10.7. The molecule has 0 N–H and O–H groups in total. The quantitative estimate of drug-likeness (QED) is 0.430. The third-order valence-electron chi connectivity index (χ3n) is 5.57. The van der Waals surface area contributed by atoms with E-state index in [-0.39, 0.29) is 11.7 Å². The van der Waals surface area contributed by atoms with Crippen molar-refractivity contribution in [3.05, 3.63) is 89.6 Å². The molecule has 2 aromatic carbocycles. The number of carbonyl (C=O) groups excluding carboxylic acids is 1. The van der Waals surface area contributed by atoms with Crippen LogP contribution >= 0.6 is 22.9 Å². The summed E-state index contributed by atoms with van der Waals surface area (Å²) in [6.07, 6.45) is 1.45. The standard InChI is InChI=1S/C27H27ClN2O5S/c1-6-34-21-12-7-17(13-20(21)28)14-22-25(31)30-24(18-8-10-19(33-5)11-9-18)23(26(32)35-15(2)3)16(4)29-27(30)36-22/h7-15,24H,6H2,1-5H3/b22-14-/t24-/m1/s1. The smallest absolute Gasteiger partial charge is 0.338 e. The molecule has 7 nitrogen and oxygen atoms in total. The molecule has 4 rings (SSSR count). The Labute approximate surface area is 217 Å². The summed E-state index contributed by atoms with van der Waals surface area (Å²) in [5.74, 6) is 0.756. The van der Waals surface area contributed by atoms with E-state index in [1.807, 2.05) is 25.1 Å². The number of benzene rings is 2. The van der Waals surface area contributed by atoms with Gasteiger partial charge < -0.3 is 14.2 Å². The molecule has 0 aliphatic carbocycles. The molecule has 36 heavy (non-hydrogen) atoms. The Morgan fingerprint density at radius 1 is 1.22 bits per heavy atom. The van der Waals surface area contributed by atoms with Crippen LogP contribution in [0.2, 0.25) is 5.02 Å². The molecular weight excluding hydrogens is 500 g/mol. The Kier molecular flexibility index (Phi) is 7.66. The second-order valence-corrected chi connectivity index (χ2v) is 9.85. The van der Waals surface area contributed by atoms with E-state index < -0.39 is 12.0 Å². The van der Waals surface area contributed by atoms with Gasteiger partial charge >= 0.3 is 5.97 Å². The maximum absolute atomic E-state index is 13.7. The lowest BCUT2D eigenvalue weighted by molar-refractivity contribution is -0.143. The first-order valence-corrected chi connectivity index (χ1v) is 12.7. The number of aromatic nitrogens is 1. The molecule has 1 aliphatic heterocycles. The van der Waals surface area contributed by atoms with Crippen LogP contribution in [0.5, 0.6) is 11.5 Å². The second-order valence-electron chi connectivity index (χ2n) is 8.43. The summed E-state index contributed by atoms with van der Waals surface area (Å²) in [4.78, 5) is 32.0. The number of hydrogen-bond donors (Lipinski definition) is 0. The number of nitrogens with zero attached hydrogens (tertiary/aromatic N) is 2. The van der Waals surface area contributed by atoms with E-state index >= 15 is 0 Å². The number of methoxy groups -OCH3 is 1. The molecular formula is C27H27ClN2O5S. The molecule has 2 heterocycles. The van der Waals surface area contributed by atoms with E-state index in [2.05, 4.69) is 4.99 Å². The number of ether oxygens (including phenoxy) is 3. The van der Waals surface area contributed by atoms with Crippen molar-refractivity contribution in [2.45, 2.75) is 39.8 Å².